The smallest absolute Gasteiger partial charge is 0.187 e. The Morgan fingerprint density at radius 3 is 2.69 bits per heavy atom. The molecule has 4 aromatic heterocycles. The molecule has 8 rings (SSSR count). The van der Waals surface area contributed by atoms with Gasteiger partial charge in [0, 0.05) is 12.4 Å². The predicted octanol–water partition coefficient (Wildman–Crippen LogP) is 6.77. The van der Waals surface area contributed by atoms with Gasteiger partial charge in [-0.3, -0.25) is 4.57 Å². The van der Waals surface area contributed by atoms with Gasteiger partial charge in [-0.15, -0.1) is 0 Å². The van der Waals surface area contributed by atoms with Crippen molar-refractivity contribution >= 4 is 33.7 Å². The first-order valence-corrected chi connectivity index (χ1v) is 13.1. The number of para-hydroxylation sites is 1. The Morgan fingerprint density at radius 1 is 1.06 bits per heavy atom. The fourth-order valence-corrected chi connectivity index (χ4v) is 6.79. The molecule has 0 radical (unpaired) electrons. The zero-order valence-electron chi connectivity index (χ0n) is 20.0. The number of nitrogens with zero attached hydrogens (tertiary/aromatic N) is 5. The normalized spacial score (nSPS) is 23.6. The lowest BCUT2D eigenvalue weighted by Gasteiger charge is -2.47. The third kappa shape index (κ3) is 3.44. The van der Waals surface area contributed by atoms with Crippen molar-refractivity contribution in [1.82, 2.24) is 29.5 Å². The van der Waals surface area contributed by atoms with Crippen LogP contribution in [0, 0.1) is 29.5 Å². The van der Waals surface area contributed by atoms with Gasteiger partial charge in [-0.25, -0.2) is 24.3 Å². The van der Waals surface area contributed by atoms with Gasteiger partial charge in [0.05, 0.1) is 23.0 Å². The van der Waals surface area contributed by atoms with E-state index in [2.05, 4.69) is 21.9 Å². The number of halogens is 2. The van der Waals surface area contributed by atoms with Crippen LogP contribution in [0.1, 0.15) is 38.3 Å². The van der Waals surface area contributed by atoms with Gasteiger partial charge in [0.1, 0.15) is 10.7 Å². The maximum Gasteiger partial charge on any atom is 0.187 e. The van der Waals surface area contributed by atoms with Crippen LogP contribution in [0.4, 0.5) is 4.39 Å². The maximum absolute atomic E-state index is 16.3. The summed E-state index contributed by atoms with van der Waals surface area (Å²) in [5, 5.41) is 1.32. The van der Waals surface area contributed by atoms with Crippen molar-refractivity contribution in [3.8, 4) is 17.2 Å². The molecule has 1 aromatic carbocycles. The third-order valence-corrected chi connectivity index (χ3v) is 8.77. The maximum atomic E-state index is 16.3. The van der Waals surface area contributed by atoms with Crippen molar-refractivity contribution in [2.75, 3.05) is 0 Å². The van der Waals surface area contributed by atoms with E-state index in [4.69, 9.17) is 21.6 Å². The highest BCUT2D eigenvalue weighted by atomic mass is 35.5. The average Bonchev–Trinajstić information content (AvgIpc) is 3.52. The number of fused-ring (bicyclic) bond motifs is 5. The molecule has 0 saturated heterocycles. The van der Waals surface area contributed by atoms with Gasteiger partial charge in [-0.2, -0.15) is 0 Å². The van der Waals surface area contributed by atoms with Crippen molar-refractivity contribution in [3.05, 3.63) is 65.6 Å². The van der Waals surface area contributed by atoms with Crippen LogP contribution in [-0.4, -0.2) is 29.5 Å². The Morgan fingerprint density at radius 2 is 1.86 bits per heavy atom. The highest BCUT2D eigenvalue weighted by Crippen LogP contribution is 2.50. The molecule has 5 aromatic rings. The summed E-state index contributed by atoms with van der Waals surface area (Å²) in [6.07, 6.45) is 10.9. The number of hydrogen-bond acceptors (Lipinski definition) is 4. The van der Waals surface area contributed by atoms with E-state index in [9.17, 15) is 0 Å². The molecule has 6 nitrogen and oxygen atoms in total. The first-order valence-electron chi connectivity index (χ1n) is 12.7. The lowest BCUT2D eigenvalue weighted by atomic mass is 9.58. The number of aromatic amines is 1. The Kier molecular flexibility index (Phi) is 5.10. The van der Waals surface area contributed by atoms with Crippen molar-refractivity contribution in [1.29, 1.82) is 0 Å². The molecule has 2 atom stereocenters. The van der Waals surface area contributed by atoms with Gasteiger partial charge in [0.15, 0.2) is 23.1 Å². The summed E-state index contributed by atoms with van der Waals surface area (Å²) in [5.41, 5.74) is 3.21. The first-order chi connectivity index (χ1) is 17.6. The number of nitrogens with one attached hydrogen (secondary N) is 1. The van der Waals surface area contributed by atoms with Gasteiger partial charge in [0.2, 0.25) is 0 Å². The van der Waals surface area contributed by atoms with Crippen LogP contribution in [0.3, 0.4) is 0 Å². The largest absolute Gasteiger partial charge is 0.344 e. The zero-order valence-corrected chi connectivity index (χ0v) is 20.7. The quantitative estimate of drug-likeness (QED) is 0.295. The van der Waals surface area contributed by atoms with Gasteiger partial charge < -0.3 is 4.98 Å². The molecule has 2 bridgehead atoms. The molecule has 3 fully saturated rings. The van der Waals surface area contributed by atoms with Crippen LogP contribution in [0.5, 0.6) is 0 Å². The van der Waals surface area contributed by atoms with Gasteiger partial charge in [-0.05, 0) is 73.3 Å². The molecular weight excluding hydrogens is 475 g/mol. The number of hydrogen-bond donors (Lipinski definition) is 1. The zero-order chi connectivity index (χ0) is 24.4. The Balaban J connectivity index is 1.41. The van der Waals surface area contributed by atoms with E-state index in [-0.39, 0.29) is 16.8 Å². The lowest BCUT2D eigenvalue weighted by Crippen LogP contribution is -2.39. The second-order valence-corrected chi connectivity index (χ2v) is 10.8. The van der Waals surface area contributed by atoms with Crippen LogP contribution in [-0.2, 0) is 6.42 Å². The van der Waals surface area contributed by atoms with Gasteiger partial charge in [0.25, 0.3) is 0 Å². The standard InChI is InChI=1S/C28H26ClFN6/c1-15-16-6-8-17(9-7-16)19(15)12-21-24(30)28(36-11-10-18-4-2-3-5-22(18)36)35-26(33-21)20-13-31-27-25(20)34-23(29)14-32-27/h2-5,10-11,13-17,19H,6-9,12H2,1H3,(H,31,32)/t15-,16?,17?,19+/m0/s1. The molecule has 0 amide bonds. The number of aromatic nitrogens is 6. The van der Waals surface area contributed by atoms with Crippen LogP contribution in [0.15, 0.2) is 48.9 Å². The minimum absolute atomic E-state index is 0.258. The number of benzene rings is 1. The lowest BCUT2D eigenvalue weighted by molar-refractivity contribution is 0.0334. The number of H-pyrrole nitrogens is 1. The Labute approximate surface area is 213 Å². The average molecular weight is 501 g/mol. The first kappa shape index (κ1) is 21.9. The van der Waals surface area contributed by atoms with E-state index in [0.717, 1.165) is 16.8 Å². The molecule has 0 unspecified atom stereocenters. The van der Waals surface area contributed by atoms with E-state index in [1.807, 2.05) is 41.1 Å². The van der Waals surface area contributed by atoms with E-state index in [0.29, 0.717) is 52.4 Å². The third-order valence-electron chi connectivity index (χ3n) is 8.59. The van der Waals surface area contributed by atoms with E-state index in [1.54, 1.807) is 6.20 Å². The fourth-order valence-electron chi connectivity index (χ4n) is 6.66. The summed E-state index contributed by atoms with van der Waals surface area (Å²) < 4.78 is 18.1. The van der Waals surface area contributed by atoms with Crippen molar-refractivity contribution in [3.63, 3.8) is 0 Å². The molecule has 182 valence electrons. The highest BCUT2D eigenvalue weighted by Gasteiger charge is 2.41. The van der Waals surface area contributed by atoms with E-state index >= 15 is 4.39 Å². The van der Waals surface area contributed by atoms with Crippen LogP contribution < -0.4 is 0 Å². The summed E-state index contributed by atoms with van der Waals surface area (Å²) >= 11 is 6.16. The second-order valence-electron chi connectivity index (χ2n) is 10.4. The number of rotatable bonds is 4. The summed E-state index contributed by atoms with van der Waals surface area (Å²) in [7, 11) is 0. The minimum Gasteiger partial charge on any atom is -0.344 e. The monoisotopic (exact) mass is 500 g/mol. The van der Waals surface area contributed by atoms with E-state index in [1.165, 1.54) is 31.9 Å². The fraction of sp³-hybridized carbons (Fsp3) is 0.357. The van der Waals surface area contributed by atoms with Gasteiger partial charge >= 0.3 is 0 Å². The highest BCUT2D eigenvalue weighted by molar-refractivity contribution is 6.29. The molecule has 3 aliphatic rings. The SMILES string of the molecule is C[C@H]1C2CCC(CC2)[C@@H]1Cc1nc(-c2c[nH]c3ncc(Cl)nc23)nc(-n2ccc3ccccc32)c1F. The van der Waals surface area contributed by atoms with E-state index < -0.39 is 0 Å². The minimum atomic E-state index is -0.349. The molecule has 0 aliphatic heterocycles. The molecule has 36 heavy (non-hydrogen) atoms. The van der Waals surface area contributed by atoms with Crippen molar-refractivity contribution in [2.45, 2.75) is 39.0 Å². The molecule has 8 heteroatoms. The molecule has 0 spiro atoms. The Hall–Kier alpha value is -3.32. The molecule has 1 N–H and O–H groups in total. The van der Waals surface area contributed by atoms with Gasteiger partial charge in [-0.1, -0.05) is 36.7 Å². The summed E-state index contributed by atoms with van der Waals surface area (Å²) in [6, 6.07) is 9.92. The molecular formula is C28H26ClFN6. The summed E-state index contributed by atoms with van der Waals surface area (Å²) in [6.45, 7) is 2.35. The topological polar surface area (TPSA) is 72.3 Å². The van der Waals surface area contributed by atoms with Crippen LogP contribution in [0.2, 0.25) is 5.15 Å². The summed E-state index contributed by atoms with van der Waals surface area (Å²) in [4.78, 5) is 21.5. The Bertz CT molecular complexity index is 1600. The summed E-state index contributed by atoms with van der Waals surface area (Å²) in [5.74, 6) is 2.72. The van der Waals surface area contributed by atoms with Crippen molar-refractivity contribution in [2.24, 2.45) is 23.7 Å². The molecule has 3 saturated carbocycles. The molecule has 4 heterocycles. The van der Waals surface area contributed by atoms with Crippen LogP contribution in [0.25, 0.3) is 39.3 Å². The van der Waals surface area contributed by atoms with Crippen molar-refractivity contribution < 1.29 is 4.39 Å². The molecule has 3 aliphatic carbocycles. The van der Waals surface area contributed by atoms with Crippen LogP contribution >= 0.6 is 11.6 Å². The second kappa shape index (κ2) is 8.37. The predicted molar refractivity (Wildman–Crippen MR) is 139 cm³/mol.